The van der Waals surface area contributed by atoms with Crippen molar-refractivity contribution in [1.29, 1.82) is 0 Å². The summed E-state index contributed by atoms with van der Waals surface area (Å²) >= 11 is 0. The Hall–Kier alpha value is -2.96. The number of nitrogens with one attached hydrogen (secondary N) is 1. The Kier molecular flexibility index (Phi) is 4.51. The number of aromatic nitrogens is 2. The Balaban J connectivity index is 1.42. The van der Waals surface area contributed by atoms with Crippen LogP contribution < -0.4 is 15.0 Å². The predicted molar refractivity (Wildman–Crippen MR) is 96.0 cm³/mol. The Labute approximate surface area is 151 Å². The number of rotatable bonds is 3. The van der Waals surface area contributed by atoms with Gasteiger partial charge in [-0.25, -0.2) is 9.97 Å². The van der Waals surface area contributed by atoms with E-state index in [2.05, 4.69) is 15.3 Å². The van der Waals surface area contributed by atoms with E-state index in [0.717, 1.165) is 30.6 Å². The second-order valence-electron chi connectivity index (χ2n) is 6.62. The molecule has 1 fully saturated rings. The fraction of sp³-hybridized carbons (Fsp3) is 0.368. The number of hydrogen-bond acceptors (Lipinski definition) is 6. The SMILES string of the molecule is O=C1CCc2cc(OC(=O)[C@H]3CCCN(c4ncccn4)C3)ccc2N1. The van der Waals surface area contributed by atoms with Gasteiger partial charge in [0.05, 0.1) is 5.92 Å². The molecule has 2 aliphatic heterocycles. The van der Waals surface area contributed by atoms with Gasteiger partial charge in [-0.1, -0.05) is 0 Å². The first-order valence-corrected chi connectivity index (χ1v) is 8.85. The average molecular weight is 352 g/mol. The molecule has 7 heteroatoms. The Morgan fingerprint density at radius 1 is 1.23 bits per heavy atom. The summed E-state index contributed by atoms with van der Waals surface area (Å²) < 4.78 is 5.61. The molecule has 4 rings (SSSR count). The van der Waals surface area contributed by atoms with Crippen molar-refractivity contribution >= 4 is 23.5 Å². The van der Waals surface area contributed by atoms with E-state index in [0.29, 0.717) is 31.1 Å². The lowest BCUT2D eigenvalue weighted by Gasteiger charge is -2.31. The first-order valence-electron chi connectivity index (χ1n) is 8.85. The summed E-state index contributed by atoms with van der Waals surface area (Å²) in [5, 5.41) is 2.83. The van der Waals surface area contributed by atoms with Crippen LogP contribution in [0.5, 0.6) is 5.75 Å². The molecule has 0 unspecified atom stereocenters. The molecule has 7 nitrogen and oxygen atoms in total. The van der Waals surface area contributed by atoms with Gasteiger partial charge in [0.2, 0.25) is 11.9 Å². The summed E-state index contributed by atoms with van der Waals surface area (Å²) in [6.45, 7) is 1.40. The number of carbonyl (C=O) groups is 2. The van der Waals surface area contributed by atoms with E-state index >= 15 is 0 Å². The van der Waals surface area contributed by atoms with Crippen molar-refractivity contribution in [2.75, 3.05) is 23.3 Å². The molecule has 1 aromatic carbocycles. The van der Waals surface area contributed by atoms with Gasteiger partial charge in [-0.3, -0.25) is 9.59 Å². The standard InChI is InChI=1S/C19H20N4O3/c24-17-7-4-13-11-15(5-6-16(13)22-17)26-18(25)14-3-1-10-23(12-14)19-20-8-2-9-21-19/h2,5-6,8-9,11,14H,1,3-4,7,10,12H2,(H,22,24)/t14-/m0/s1. The van der Waals surface area contributed by atoms with Crippen molar-refractivity contribution in [3.8, 4) is 5.75 Å². The molecule has 1 N–H and O–H groups in total. The maximum Gasteiger partial charge on any atom is 0.316 e. The van der Waals surface area contributed by atoms with E-state index in [1.165, 1.54) is 0 Å². The first-order chi connectivity index (χ1) is 12.7. The minimum atomic E-state index is -0.231. The van der Waals surface area contributed by atoms with Crippen LogP contribution in [0, 0.1) is 5.92 Å². The number of amides is 1. The number of hydrogen-bond donors (Lipinski definition) is 1. The zero-order chi connectivity index (χ0) is 17.9. The number of nitrogens with zero attached hydrogens (tertiary/aromatic N) is 3. The van der Waals surface area contributed by atoms with Gasteiger partial charge in [-0.05, 0) is 49.1 Å². The summed E-state index contributed by atoms with van der Waals surface area (Å²) in [6, 6.07) is 7.13. The molecule has 0 bridgehead atoms. The maximum atomic E-state index is 12.6. The zero-order valence-corrected chi connectivity index (χ0v) is 14.4. The third-order valence-electron chi connectivity index (χ3n) is 4.78. The molecule has 0 saturated carbocycles. The molecule has 3 heterocycles. The molecule has 134 valence electrons. The summed E-state index contributed by atoms with van der Waals surface area (Å²) in [5.41, 5.74) is 1.80. The maximum absolute atomic E-state index is 12.6. The summed E-state index contributed by atoms with van der Waals surface area (Å²) in [6.07, 6.45) is 6.22. The zero-order valence-electron chi connectivity index (χ0n) is 14.4. The Morgan fingerprint density at radius 2 is 2.08 bits per heavy atom. The number of aryl methyl sites for hydroxylation is 1. The van der Waals surface area contributed by atoms with Gasteiger partial charge in [-0.15, -0.1) is 0 Å². The van der Waals surface area contributed by atoms with E-state index < -0.39 is 0 Å². The van der Waals surface area contributed by atoms with Gasteiger partial charge in [0.25, 0.3) is 0 Å². The van der Waals surface area contributed by atoms with Crippen LogP contribution in [-0.2, 0) is 16.0 Å². The van der Waals surface area contributed by atoms with Crippen molar-refractivity contribution in [2.45, 2.75) is 25.7 Å². The van der Waals surface area contributed by atoms with Gasteiger partial charge in [0.15, 0.2) is 0 Å². The largest absolute Gasteiger partial charge is 0.426 e. The molecule has 1 saturated heterocycles. The highest BCUT2D eigenvalue weighted by atomic mass is 16.5. The number of carbonyl (C=O) groups excluding carboxylic acids is 2. The highest BCUT2D eigenvalue weighted by molar-refractivity contribution is 5.94. The molecule has 0 radical (unpaired) electrons. The Morgan fingerprint density at radius 3 is 2.92 bits per heavy atom. The van der Waals surface area contributed by atoms with Crippen molar-refractivity contribution in [2.24, 2.45) is 5.92 Å². The smallest absolute Gasteiger partial charge is 0.316 e. The second kappa shape index (κ2) is 7.11. The Bertz CT molecular complexity index is 825. The third kappa shape index (κ3) is 3.51. The minimum absolute atomic E-state index is 0.0210. The molecule has 2 aromatic rings. The van der Waals surface area contributed by atoms with Crippen LogP contribution in [0.1, 0.15) is 24.8 Å². The number of piperidine rings is 1. The molecule has 0 aliphatic carbocycles. The highest BCUT2D eigenvalue weighted by Crippen LogP contribution is 2.28. The highest BCUT2D eigenvalue weighted by Gasteiger charge is 2.29. The van der Waals surface area contributed by atoms with Crippen molar-refractivity contribution in [1.82, 2.24) is 9.97 Å². The van der Waals surface area contributed by atoms with Crippen molar-refractivity contribution < 1.29 is 14.3 Å². The van der Waals surface area contributed by atoms with E-state index in [9.17, 15) is 9.59 Å². The second-order valence-corrected chi connectivity index (χ2v) is 6.62. The molecule has 26 heavy (non-hydrogen) atoms. The lowest BCUT2D eigenvalue weighted by atomic mass is 9.98. The van der Waals surface area contributed by atoms with E-state index in [4.69, 9.17) is 4.74 Å². The van der Waals surface area contributed by atoms with Gasteiger partial charge >= 0.3 is 5.97 Å². The van der Waals surface area contributed by atoms with Crippen LogP contribution in [0.2, 0.25) is 0 Å². The lowest BCUT2D eigenvalue weighted by molar-refractivity contribution is -0.139. The number of esters is 1. The molecule has 1 amide bonds. The van der Waals surface area contributed by atoms with Gasteiger partial charge < -0.3 is 15.0 Å². The summed E-state index contributed by atoms with van der Waals surface area (Å²) in [4.78, 5) is 34.6. The van der Waals surface area contributed by atoms with Crippen LogP contribution in [0.25, 0.3) is 0 Å². The van der Waals surface area contributed by atoms with Crippen LogP contribution in [0.15, 0.2) is 36.7 Å². The number of benzene rings is 1. The summed E-state index contributed by atoms with van der Waals surface area (Å²) in [5.74, 6) is 0.758. The minimum Gasteiger partial charge on any atom is -0.426 e. The fourth-order valence-corrected chi connectivity index (χ4v) is 3.43. The van der Waals surface area contributed by atoms with Gasteiger partial charge in [-0.2, -0.15) is 0 Å². The molecule has 1 aromatic heterocycles. The van der Waals surface area contributed by atoms with Crippen LogP contribution in [0.3, 0.4) is 0 Å². The van der Waals surface area contributed by atoms with E-state index in [1.54, 1.807) is 30.6 Å². The average Bonchev–Trinajstić information content (AvgIpc) is 2.69. The monoisotopic (exact) mass is 352 g/mol. The molecule has 0 spiro atoms. The van der Waals surface area contributed by atoms with Crippen LogP contribution >= 0.6 is 0 Å². The molecular formula is C19H20N4O3. The predicted octanol–water partition coefficient (Wildman–Crippen LogP) is 2.18. The molecule has 2 aliphatic rings. The number of anilines is 2. The quantitative estimate of drug-likeness (QED) is 0.673. The number of ether oxygens (including phenoxy) is 1. The normalized spacial score (nSPS) is 19.5. The molecular weight excluding hydrogens is 332 g/mol. The molecule has 1 atom stereocenters. The van der Waals surface area contributed by atoms with Crippen molar-refractivity contribution in [3.05, 3.63) is 42.2 Å². The van der Waals surface area contributed by atoms with Crippen molar-refractivity contribution in [3.63, 3.8) is 0 Å². The van der Waals surface area contributed by atoms with E-state index in [1.807, 2.05) is 11.0 Å². The van der Waals surface area contributed by atoms with Crippen LogP contribution in [0.4, 0.5) is 11.6 Å². The first kappa shape index (κ1) is 16.5. The van der Waals surface area contributed by atoms with Gasteiger partial charge in [0.1, 0.15) is 5.75 Å². The third-order valence-corrected chi connectivity index (χ3v) is 4.78. The van der Waals surface area contributed by atoms with Gasteiger partial charge in [0, 0.05) is 37.6 Å². The van der Waals surface area contributed by atoms with E-state index in [-0.39, 0.29) is 17.8 Å². The summed E-state index contributed by atoms with van der Waals surface area (Å²) in [7, 11) is 0. The lowest BCUT2D eigenvalue weighted by Crippen LogP contribution is -2.41. The topological polar surface area (TPSA) is 84.4 Å². The fourth-order valence-electron chi connectivity index (χ4n) is 3.43. The number of fused-ring (bicyclic) bond motifs is 1. The van der Waals surface area contributed by atoms with Crippen LogP contribution in [-0.4, -0.2) is 34.9 Å².